The fraction of sp³-hybridized carbons (Fsp3) is 0.625. The van der Waals surface area contributed by atoms with E-state index in [1.807, 2.05) is 13.1 Å². The van der Waals surface area contributed by atoms with E-state index < -0.39 is 0 Å². The normalized spacial score (nSPS) is 24.6. The second-order valence-electron chi connectivity index (χ2n) is 5.57. The number of methoxy groups -OCH3 is 1. The van der Waals surface area contributed by atoms with Crippen molar-refractivity contribution in [3.63, 3.8) is 0 Å². The van der Waals surface area contributed by atoms with Crippen molar-refractivity contribution in [1.29, 1.82) is 0 Å². The Morgan fingerprint density at radius 1 is 1.30 bits per heavy atom. The summed E-state index contributed by atoms with van der Waals surface area (Å²) in [6, 6.07) is 6.51. The molecule has 0 saturated carbocycles. The molecule has 0 bridgehead atoms. The summed E-state index contributed by atoms with van der Waals surface area (Å²) in [6.45, 7) is 8.25. The molecule has 1 aromatic rings. The van der Waals surface area contributed by atoms with Gasteiger partial charge in [0, 0.05) is 30.4 Å². The monoisotopic (exact) mass is 278 g/mol. The van der Waals surface area contributed by atoms with Gasteiger partial charge in [-0.3, -0.25) is 0 Å². The number of ether oxygens (including phenoxy) is 2. The van der Waals surface area contributed by atoms with Crippen molar-refractivity contribution in [2.45, 2.75) is 39.0 Å². The number of rotatable bonds is 4. The van der Waals surface area contributed by atoms with Crippen LogP contribution in [0, 0.1) is 0 Å². The van der Waals surface area contributed by atoms with E-state index in [0.29, 0.717) is 0 Å². The van der Waals surface area contributed by atoms with E-state index in [2.05, 4.69) is 43.1 Å². The minimum Gasteiger partial charge on any atom is -0.496 e. The van der Waals surface area contributed by atoms with Crippen LogP contribution >= 0.6 is 0 Å². The Balaban J connectivity index is 2.39. The van der Waals surface area contributed by atoms with E-state index in [1.54, 1.807) is 7.11 Å². The molecular formula is C16H26N2O2. The van der Waals surface area contributed by atoms with Gasteiger partial charge in [-0.1, -0.05) is 6.07 Å². The van der Waals surface area contributed by atoms with E-state index in [4.69, 9.17) is 9.47 Å². The molecule has 0 aliphatic carbocycles. The third-order valence-electron chi connectivity index (χ3n) is 3.89. The fourth-order valence-corrected chi connectivity index (χ4v) is 2.94. The van der Waals surface area contributed by atoms with Crippen molar-refractivity contribution in [2.75, 3.05) is 32.1 Å². The fourth-order valence-electron chi connectivity index (χ4n) is 2.94. The van der Waals surface area contributed by atoms with Crippen molar-refractivity contribution in [3.05, 3.63) is 23.8 Å². The molecule has 1 N–H and O–H groups in total. The Labute approximate surface area is 122 Å². The summed E-state index contributed by atoms with van der Waals surface area (Å²) in [4.78, 5) is 2.41. The van der Waals surface area contributed by atoms with Crippen LogP contribution in [0.1, 0.15) is 32.4 Å². The molecule has 4 nitrogen and oxygen atoms in total. The number of benzene rings is 1. The third kappa shape index (κ3) is 3.07. The smallest absolute Gasteiger partial charge is 0.125 e. The topological polar surface area (TPSA) is 33.7 Å². The average Bonchev–Trinajstić information content (AvgIpc) is 2.44. The van der Waals surface area contributed by atoms with Crippen LogP contribution in [0.4, 0.5) is 5.69 Å². The first-order valence-corrected chi connectivity index (χ1v) is 7.31. The highest BCUT2D eigenvalue weighted by Crippen LogP contribution is 2.35. The van der Waals surface area contributed by atoms with Crippen molar-refractivity contribution < 1.29 is 9.47 Å². The maximum atomic E-state index is 5.83. The van der Waals surface area contributed by atoms with Gasteiger partial charge in [-0.2, -0.15) is 0 Å². The Hall–Kier alpha value is -1.26. The molecule has 0 amide bonds. The highest BCUT2D eigenvalue weighted by atomic mass is 16.5. The minimum atomic E-state index is 0.245. The molecule has 1 heterocycles. The molecule has 4 heteroatoms. The molecule has 3 unspecified atom stereocenters. The van der Waals surface area contributed by atoms with Gasteiger partial charge in [0.25, 0.3) is 0 Å². The van der Waals surface area contributed by atoms with Gasteiger partial charge in [0.2, 0.25) is 0 Å². The molecule has 0 radical (unpaired) electrons. The highest BCUT2D eigenvalue weighted by molar-refractivity contribution is 5.61. The molecule has 2 rings (SSSR count). The summed E-state index contributed by atoms with van der Waals surface area (Å²) in [5.74, 6) is 0.941. The lowest BCUT2D eigenvalue weighted by Crippen LogP contribution is -2.46. The summed E-state index contributed by atoms with van der Waals surface area (Å²) < 4.78 is 11.4. The summed E-state index contributed by atoms with van der Waals surface area (Å²) >= 11 is 0. The summed E-state index contributed by atoms with van der Waals surface area (Å²) in [7, 11) is 3.71. The first kappa shape index (κ1) is 15.1. The van der Waals surface area contributed by atoms with Crippen molar-refractivity contribution in [2.24, 2.45) is 0 Å². The van der Waals surface area contributed by atoms with Gasteiger partial charge in [0.05, 0.1) is 19.3 Å². The molecule has 1 aliphatic heterocycles. The minimum absolute atomic E-state index is 0.245. The van der Waals surface area contributed by atoms with Crippen LogP contribution in [-0.4, -0.2) is 39.5 Å². The van der Waals surface area contributed by atoms with Crippen molar-refractivity contribution >= 4 is 5.69 Å². The van der Waals surface area contributed by atoms with Crippen molar-refractivity contribution in [3.8, 4) is 5.75 Å². The lowest BCUT2D eigenvalue weighted by Gasteiger charge is -2.38. The average molecular weight is 278 g/mol. The molecule has 0 spiro atoms. The second kappa shape index (κ2) is 6.46. The van der Waals surface area contributed by atoms with Crippen LogP contribution in [0.3, 0.4) is 0 Å². The van der Waals surface area contributed by atoms with Crippen LogP contribution in [0.5, 0.6) is 5.75 Å². The van der Waals surface area contributed by atoms with Gasteiger partial charge < -0.3 is 19.7 Å². The van der Waals surface area contributed by atoms with Crippen LogP contribution in [0.25, 0.3) is 0 Å². The lowest BCUT2D eigenvalue weighted by atomic mass is 10.0. The summed E-state index contributed by atoms with van der Waals surface area (Å²) in [5.41, 5.74) is 2.46. The predicted molar refractivity (Wildman–Crippen MR) is 82.7 cm³/mol. The Bertz CT molecular complexity index is 440. The molecule has 3 atom stereocenters. The summed E-state index contributed by atoms with van der Waals surface area (Å²) in [5, 5.41) is 3.32. The van der Waals surface area contributed by atoms with E-state index in [1.165, 1.54) is 11.3 Å². The standard InChI is InChI=1S/C16H26N2O2/c1-11-9-18(10-12(2)20-11)14-7-6-8-15(19-5)16(14)13(3)17-4/h6-8,11-13,17H,9-10H2,1-5H3. The Morgan fingerprint density at radius 3 is 2.50 bits per heavy atom. The molecule has 1 fully saturated rings. The molecule has 1 saturated heterocycles. The highest BCUT2D eigenvalue weighted by Gasteiger charge is 2.26. The molecular weight excluding hydrogens is 252 g/mol. The molecule has 0 aromatic heterocycles. The number of nitrogens with zero attached hydrogens (tertiary/aromatic N) is 1. The zero-order chi connectivity index (χ0) is 14.7. The van der Waals surface area contributed by atoms with Crippen LogP contribution in [-0.2, 0) is 4.74 Å². The van der Waals surface area contributed by atoms with Gasteiger partial charge in [0.15, 0.2) is 0 Å². The van der Waals surface area contributed by atoms with E-state index in [0.717, 1.165) is 18.8 Å². The SMILES string of the molecule is CNC(C)c1c(OC)cccc1N1CC(C)OC(C)C1. The Morgan fingerprint density at radius 2 is 1.95 bits per heavy atom. The van der Waals surface area contributed by atoms with E-state index in [9.17, 15) is 0 Å². The first-order chi connectivity index (χ1) is 9.56. The number of nitrogens with one attached hydrogen (secondary N) is 1. The zero-order valence-corrected chi connectivity index (χ0v) is 13.1. The number of hydrogen-bond acceptors (Lipinski definition) is 4. The van der Waals surface area contributed by atoms with E-state index >= 15 is 0 Å². The Kier molecular flexibility index (Phi) is 4.89. The van der Waals surface area contributed by atoms with Crippen LogP contribution < -0.4 is 15.0 Å². The second-order valence-corrected chi connectivity index (χ2v) is 5.57. The van der Waals surface area contributed by atoms with Gasteiger partial charge in [-0.05, 0) is 40.0 Å². The maximum absolute atomic E-state index is 5.83. The predicted octanol–water partition coefficient (Wildman–Crippen LogP) is 2.59. The van der Waals surface area contributed by atoms with E-state index in [-0.39, 0.29) is 18.2 Å². The van der Waals surface area contributed by atoms with Crippen molar-refractivity contribution in [1.82, 2.24) is 5.32 Å². The molecule has 1 aromatic carbocycles. The largest absolute Gasteiger partial charge is 0.496 e. The first-order valence-electron chi connectivity index (χ1n) is 7.31. The number of morpholine rings is 1. The molecule has 1 aliphatic rings. The lowest BCUT2D eigenvalue weighted by molar-refractivity contribution is -0.00529. The van der Waals surface area contributed by atoms with Gasteiger partial charge >= 0.3 is 0 Å². The third-order valence-corrected chi connectivity index (χ3v) is 3.89. The van der Waals surface area contributed by atoms with Gasteiger partial charge in [-0.25, -0.2) is 0 Å². The quantitative estimate of drug-likeness (QED) is 0.918. The van der Waals surface area contributed by atoms with Crippen LogP contribution in [0.15, 0.2) is 18.2 Å². The summed E-state index contributed by atoms with van der Waals surface area (Å²) in [6.07, 6.45) is 0.505. The maximum Gasteiger partial charge on any atom is 0.125 e. The van der Waals surface area contributed by atoms with Crippen LogP contribution in [0.2, 0.25) is 0 Å². The molecule has 112 valence electrons. The van der Waals surface area contributed by atoms with Gasteiger partial charge in [-0.15, -0.1) is 0 Å². The zero-order valence-electron chi connectivity index (χ0n) is 13.1. The number of hydrogen-bond donors (Lipinski definition) is 1. The van der Waals surface area contributed by atoms with Gasteiger partial charge in [0.1, 0.15) is 5.75 Å². The molecule has 20 heavy (non-hydrogen) atoms. The number of anilines is 1.